The van der Waals surface area contributed by atoms with Crippen LogP contribution in [0.5, 0.6) is 5.75 Å². The van der Waals surface area contributed by atoms with Crippen molar-refractivity contribution in [2.24, 2.45) is 0 Å². The van der Waals surface area contributed by atoms with Gasteiger partial charge in [-0.15, -0.1) is 0 Å². The molecule has 0 bridgehead atoms. The molecule has 3 aromatic rings. The maximum Gasteiger partial charge on any atom is 0.272 e. The zero-order valence-corrected chi connectivity index (χ0v) is 17.9. The van der Waals surface area contributed by atoms with Gasteiger partial charge < -0.3 is 9.64 Å². The van der Waals surface area contributed by atoms with Gasteiger partial charge in [0.25, 0.3) is 5.91 Å². The number of para-hydroxylation sites is 1. The highest BCUT2D eigenvalue weighted by Crippen LogP contribution is 2.23. The fraction of sp³-hybridized carbons (Fsp3) is 0.273. The monoisotopic (exact) mass is 444 g/mol. The van der Waals surface area contributed by atoms with Gasteiger partial charge in [-0.2, -0.15) is 5.10 Å². The van der Waals surface area contributed by atoms with Gasteiger partial charge in [0.05, 0.1) is 5.02 Å². The third-order valence-electron chi connectivity index (χ3n) is 5.09. The number of hydrogen-bond acceptors (Lipinski definition) is 4. The average molecular weight is 445 g/mol. The molecule has 0 saturated carbocycles. The van der Waals surface area contributed by atoms with E-state index in [1.807, 2.05) is 41.3 Å². The molecule has 1 aliphatic heterocycles. The summed E-state index contributed by atoms with van der Waals surface area (Å²) in [5.41, 5.74) is 1.72. The van der Waals surface area contributed by atoms with Gasteiger partial charge in [-0.1, -0.05) is 47.5 Å². The van der Waals surface area contributed by atoms with Crippen molar-refractivity contribution in [2.45, 2.75) is 13.3 Å². The van der Waals surface area contributed by atoms with Crippen molar-refractivity contribution < 1.29 is 9.53 Å². The largest absolute Gasteiger partial charge is 0.470 e. The molecule has 0 radical (unpaired) electrons. The van der Waals surface area contributed by atoms with Crippen molar-refractivity contribution >= 4 is 29.1 Å². The number of carbonyl (C=O) groups is 1. The van der Waals surface area contributed by atoms with E-state index in [4.69, 9.17) is 27.9 Å². The second-order valence-electron chi connectivity index (χ2n) is 7.11. The number of halogens is 2. The van der Waals surface area contributed by atoms with Crippen molar-refractivity contribution in [1.82, 2.24) is 19.6 Å². The Morgan fingerprint density at radius 3 is 2.43 bits per heavy atom. The first-order chi connectivity index (χ1) is 14.6. The first-order valence-corrected chi connectivity index (χ1v) is 10.5. The number of ether oxygens (including phenoxy) is 1. The van der Waals surface area contributed by atoms with Crippen LogP contribution in [0.4, 0.5) is 0 Å². The Labute approximate surface area is 185 Å². The highest BCUT2D eigenvalue weighted by molar-refractivity contribution is 6.32. The Morgan fingerprint density at radius 1 is 0.967 bits per heavy atom. The Bertz CT molecular complexity index is 998. The normalized spacial score (nSPS) is 14.7. The van der Waals surface area contributed by atoms with Crippen LogP contribution < -0.4 is 4.74 Å². The summed E-state index contributed by atoms with van der Waals surface area (Å²) in [5, 5.41) is 5.50. The number of rotatable bonds is 6. The molecule has 0 unspecified atom stereocenters. The van der Waals surface area contributed by atoms with Gasteiger partial charge in [0.15, 0.2) is 6.73 Å². The van der Waals surface area contributed by atoms with Gasteiger partial charge in [-0.3, -0.25) is 9.69 Å². The average Bonchev–Trinajstić information content (AvgIpc) is 3.23. The van der Waals surface area contributed by atoms with E-state index in [2.05, 4.69) is 10.00 Å². The van der Waals surface area contributed by atoms with Crippen LogP contribution in [0, 0.1) is 0 Å². The molecule has 2 aromatic carbocycles. The molecule has 30 heavy (non-hydrogen) atoms. The van der Waals surface area contributed by atoms with Crippen LogP contribution in [0.25, 0.3) is 0 Å². The van der Waals surface area contributed by atoms with Gasteiger partial charge in [0.2, 0.25) is 0 Å². The Morgan fingerprint density at radius 2 is 1.70 bits per heavy atom. The quantitative estimate of drug-likeness (QED) is 0.571. The molecule has 0 spiro atoms. The summed E-state index contributed by atoms with van der Waals surface area (Å²) in [7, 11) is 0. The third-order valence-corrected chi connectivity index (χ3v) is 5.66. The molecule has 6 nitrogen and oxygen atoms in total. The molecule has 156 valence electrons. The topological polar surface area (TPSA) is 50.6 Å². The van der Waals surface area contributed by atoms with Crippen LogP contribution in [0.2, 0.25) is 10.0 Å². The van der Waals surface area contributed by atoms with E-state index < -0.39 is 0 Å². The lowest BCUT2D eigenvalue weighted by molar-refractivity contribution is 0.0607. The molecule has 1 saturated heterocycles. The summed E-state index contributed by atoms with van der Waals surface area (Å²) in [6.45, 7) is 3.94. The van der Waals surface area contributed by atoms with E-state index in [1.165, 1.54) is 5.56 Å². The van der Waals surface area contributed by atoms with Crippen molar-refractivity contribution in [3.8, 4) is 5.75 Å². The molecule has 1 aliphatic rings. The first kappa shape index (κ1) is 20.7. The molecule has 0 aliphatic carbocycles. The molecular formula is C22H22Cl2N4O2. The van der Waals surface area contributed by atoms with Gasteiger partial charge in [-0.05, 0) is 35.9 Å². The second-order valence-corrected chi connectivity index (χ2v) is 7.96. The first-order valence-electron chi connectivity index (χ1n) is 9.75. The van der Waals surface area contributed by atoms with Crippen LogP contribution in [-0.4, -0.2) is 51.7 Å². The SMILES string of the molecule is O=C(c1ccnn1COc1ccccc1Cl)N1CCN(Cc2ccc(Cl)cc2)CC1. The van der Waals surface area contributed by atoms with Gasteiger partial charge in [0.1, 0.15) is 11.4 Å². The summed E-state index contributed by atoms with van der Waals surface area (Å²) in [6.07, 6.45) is 1.61. The highest BCUT2D eigenvalue weighted by atomic mass is 35.5. The lowest BCUT2D eigenvalue weighted by Crippen LogP contribution is -2.48. The van der Waals surface area contributed by atoms with Crippen LogP contribution in [0.1, 0.15) is 16.1 Å². The maximum atomic E-state index is 13.0. The fourth-order valence-electron chi connectivity index (χ4n) is 3.43. The maximum absolute atomic E-state index is 13.0. The lowest BCUT2D eigenvalue weighted by atomic mass is 10.2. The number of aromatic nitrogens is 2. The molecule has 0 atom stereocenters. The number of hydrogen-bond donors (Lipinski definition) is 0. The Kier molecular flexibility index (Phi) is 6.57. The summed E-state index contributed by atoms with van der Waals surface area (Å²) >= 11 is 12.1. The van der Waals surface area contributed by atoms with Crippen LogP contribution in [0.15, 0.2) is 60.8 Å². The van der Waals surface area contributed by atoms with Crippen LogP contribution in [-0.2, 0) is 13.3 Å². The van der Waals surface area contributed by atoms with E-state index in [-0.39, 0.29) is 12.6 Å². The highest BCUT2D eigenvalue weighted by Gasteiger charge is 2.24. The van der Waals surface area contributed by atoms with Crippen molar-refractivity contribution in [3.05, 3.63) is 82.1 Å². The lowest BCUT2D eigenvalue weighted by Gasteiger charge is -2.34. The zero-order valence-electron chi connectivity index (χ0n) is 16.4. The Balaban J connectivity index is 1.33. The predicted octanol–water partition coefficient (Wildman–Crippen LogP) is 4.18. The van der Waals surface area contributed by atoms with Crippen molar-refractivity contribution in [3.63, 3.8) is 0 Å². The van der Waals surface area contributed by atoms with Gasteiger partial charge >= 0.3 is 0 Å². The fourth-order valence-corrected chi connectivity index (χ4v) is 3.75. The molecule has 2 heterocycles. The van der Waals surface area contributed by atoms with E-state index in [0.29, 0.717) is 29.6 Å². The second kappa shape index (κ2) is 9.51. The number of piperazine rings is 1. The van der Waals surface area contributed by atoms with Crippen molar-refractivity contribution in [1.29, 1.82) is 0 Å². The summed E-state index contributed by atoms with van der Waals surface area (Å²) in [5.74, 6) is 0.519. The molecule has 1 fully saturated rings. The van der Waals surface area contributed by atoms with Crippen molar-refractivity contribution in [2.75, 3.05) is 26.2 Å². The minimum Gasteiger partial charge on any atom is -0.470 e. The smallest absolute Gasteiger partial charge is 0.272 e. The third kappa shape index (κ3) is 4.95. The summed E-state index contributed by atoms with van der Waals surface area (Å²) < 4.78 is 7.29. The van der Waals surface area contributed by atoms with Gasteiger partial charge in [-0.25, -0.2) is 4.68 Å². The van der Waals surface area contributed by atoms with E-state index in [1.54, 1.807) is 29.1 Å². The number of nitrogens with zero attached hydrogens (tertiary/aromatic N) is 4. The standard InChI is InChI=1S/C22H22Cl2N4O2/c23-18-7-5-17(6-8-18)15-26-11-13-27(14-12-26)22(29)20-9-10-25-28(20)16-30-21-4-2-1-3-19(21)24/h1-10H,11-16H2. The minimum absolute atomic E-state index is 0.0404. The van der Waals surface area contributed by atoms with E-state index >= 15 is 0 Å². The number of carbonyl (C=O) groups excluding carboxylic acids is 1. The molecule has 8 heteroatoms. The predicted molar refractivity (Wildman–Crippen MR) is 117 cm³/mol. The van der Waals surface area contributed by atoms with Gasteiger partial charge in [0, 0.05) is 43.9 Å². The molecule has 1 amide bonds. The Hall–Kier alpha value is -2.54. The van der Waals surface area contributed by atoms with E-state index in [0.717, 1.165) is 24.7 Å². The zero-order chi connectivity index (χ0) is 20.9. The molecule has 0 N–H and O–H groups in total. The van der Waals surface area contributed by atoms with Crippen LogP contribution in [0.3, 0.4) is 0 Å². The number of amides is 1. The summed E-state index contributed by atoms with van der Waals surface area (Å²) in [4.78, 5) is 17.2. The summed E-state index contributed by atoms with van der Waals surface area (Å²) in [6, 6.07) is 16.8. The molecule has 4 rings (SSSR count). The molecular weight excluding hydrogens is 423 g/mol. The number of benzene rings is 2. The van der Waals surface area contributed by atoms with E-state index in [9.17, 15) is 4.79 Å². The molecule has 1 aromatic heterocycles. The van der Waals surface area contributed by atoms with Crippen LogP contribution >= 0.6 is 23.2 Å². The minimum atomic E-state index is -0.0404.